The highest BCUT2D eigenvalue weighted by Gasteiger charge is 2.16. The van der Waals surface area contributed by atoms with E-state index in [1.165, 1.54) is 6.07 Å². The number of aromatic amines is 1. The number of rotatable bonds is 4. The number of aryl methyl sites for hydroxylation is 1. The van der Waals surface area contributed by atoms with E-state index in [1.54, 1.807) is 6.92 Å². The molecule has 3 aromatic rings. The van der Waals surface area contributed by atoms with Gasteiger partial charge in [-0.15, -0.1) is 0 Å². The highest BCUT2D eigenvalue weighted by Crippen LogP contribution is 2.28. The quantitative estimate of drug-likeness (QED) is 0.749. The smallest absolute Gasteiger partial charge is 0.251 e. The van der Waals surface area contributed by atoms with Crippen LogP contribution in [-0.4, -0.2) is 15.8 Å². The highest BCUT2D eigenvalue weighted by atomic mass is 16.1. The van der Waals surface area contributed by atoms with Crippen molar-refractivity contribution in [2.75, 3.05) is 0 Å². The second kappa shape index (κ2) is 6.16. The number of nitrogens with zero attached hydrogens (tertiary/aromatic N) is 1. The van der Waals surface area contributed by atoms with Crippen LogP contribution in [0.1, 0.15) is 41.1 Å². The standard InChI is InChI=1S/C19H18N2O2/c1-12(10-18(22)17-11-19(23)21-13(2)20-17)15-9-5-7-14-6-3-4-8-16(14)15/h3-9,11-12H,10H2,1-2H3,(H,20,21,23)/t12-/m1/s1. The SMILES string of the molecule is Cc1nc(C(=O)C[C@@H](C)c2cccc3ccccc23)cc(=O)[nH]1. The highest BCUT2D eigenvalue weighted by molar-refractivity contribution is 5.95. The lowest BCUT2D eigenvalue weighted by atomic mass is 9.90. The van der Waals surface area contributed by atoms with Crippen LogP contribution in [-0.2, 0) is 0 Å². The van der Waals surface area contributed by atoms with Crippen LogP contribution < -0.4 is 5.56 Å². The van der Waals surface area contributed by atoms with Crippen molar-refractivity contribution in [3.05, 3.63) is 76.0 Å². The summed E-state index contributed by atoms with van der Waals surface area (Å²) in [4.78, 5) is 30.6. The maximum Gasteiger partial charge on any atom is 0.251 e. The Balaban J connectivity index is 1.90. The first-order valence-electron chi connectivity index (χ1n) is 7.63. The molecule has 0 radical (unpaired) electrons. The number of hydrogen-bond donors (Lipinski definition) is 1. The van der Waals surface area contributed by atoms with Crippen LogP contribution in [0.2, 0.25) is 0 Å². The summed E-state index contributed by atoms with van der Waals surface area (Å²) in [6.45, 7) is 3.70. The number of carbonyl (C=O) groups excluding carboxylic acids is 1. The van der Waals surface area contributed by atoms with Gasteiger partial charge in [-0.05, 0) is 29.2 Å². The van der Waals surface area contributed by atoms with E-state index < -0.39 is 0 Å². The molecule has 1 atom stereocenters. The summed E-state index contributed by atoms with van der Waals surface area (Å²) in [5, 5.41) is 2.32. The Kier molecular flexibility index (Phi) is 4.06. The number of Topliss-reactive ketones (excluding diaryl/α,β-unsaturated/α-hetero) is 1. The van der Waals surface area contributed by atoms with Gasteiger partial charge in [0, 0.05) is 12.5 Å². The molecule has 0 bridgehead atoms. The van der Waals surface area contributed by atoms with Crippen LogP contribution in [0.25, 0.3) is 10.8 Å². The third-order valence-electron chi connectivity index (χ3n) is 3.99. The molecule has 0 saturated carbocycles. The topological polar surface area (TPSA) is 62.8 Å². The molecule has 3 rings (SSSR count). The Hall–Kier alpha value is -2.75. The van der Waals surface area contributed by atoms with E-state index >= 15 is 0 Å². The Labute approximate surface area is 134 Å². The lowest BCUT2D eigenvalue weighted by molar-refractivity contribution is 0.0970. The number of fused-ring (bicyclic) bond motifs is 1. The fourth-order valence-electron chi connectivity index (χ4n) is 2.90. The van der Waals surface area contributed by atoms with Crippen molar-refractivity contribution in [1.82, 2.24) is 9.97 Å². The van der Waals surface area contributed by atoms with Crippen molar-refractivity contribution in [1.29, 1.82) is 0 Å². The zero-order chi connectivity index (χ0) is 16.4. The van der Waals surface area contributed by atoms with E-state index in [-0.39, 0.29) is 23.0 Å². The summed E-state index contributed by atoms with van der Waals surface area (Å²) in [6.07, 6.45) is 0.323. The molecule has 1 heterocycles. The maximum atomic E-state index is 12.5. The van der Waals surface area contributed by atoms with Crippen LogP contribution in [0.5, 0.6) is 0 Å². The van der Waals surface area contributed by atoms with Crippen molar-refractivity contribution in [2.24, 2.45) is 0 Å². The summed E-state index contributed by atoms with van der Waals surface area (Å²) < 4.78 is 0. The zero-order valence-electron chi connectivity index (χ0n) is 13.2. The van der Waals surface area contributed by atoms with Gasteiger partial charge in [0.1, 0.15) is 11.5 Å². The summed E-state index contributed by atoms with van der Waals surface area (Å²) in [5.41, 5.74) is 1.08. The van der Waals surface area contributed by atoms with E-state index in [1.807, 2.05) is 25.1 Å². The molecule has 0 fully saturated rings. The first-order chi connectivity index (χ1) is 11.0. The molecule has 1 N–H and O–H groups in total. The first kappa shape index (κ1) is 15.2. The minimum Gasteiger partial charge on any atom is -0.311 e. The van der Waals surface area contributed by atoms with Gasteiger partial charge in [0.2, 0.25) is 0 Å². The van der Waals surface area contributed by atoms with Gasteiger partial charge in [0.05, 0.1) is 0 Å². The minimum atomic E-state index is -0.293. The van der Waals surface area contributed by atoms with Crippen molar-refractivity contribution < 1.29 is 4.79 Å². The molecule has 23 heavy (non-hydrogen) atoms. The van der Waals surface area contributed by atoms with E-state index in [2.05, 4.69) is 34.2 Å². The van der Waals surface area contributed by atoms with Crippen LogP contribution in [0.15, 0.2) is 53.3 Å². The third-order valence-corrected chi connectivity index (χ3v) is 3.99. The predicted molar refractivity (Wildman–Crippen MR) is 90.9 cm³/mol. The average Bonchev–Trinajstić information content (AvgIpc) is 2.53. The van der Waals surface area contributed by atoms with Gasteiger partial charge in [0.15, 0.2) is 5.78 Å². The molecule has 0 aliphatic heterocycles. The van der Waals surface area contributed by atoms with E-state index in [0.29, 0.717) is 12.2 Å². The second-order valence-electron chi connectivity index (χ2n) is 5.81. The number of benzene rings is 2. The van der Waals surface area contributed by atoms with Gasteiger partial charge in [0.25, 0.3) is 5.56 Å². The number of nitrogens with one attached hydrogen (secondary N) is 1. The summed E-state index contributed by atoms with van der Waals surface area (Å²) in [5.74, 6) is 0.397. The monoisotopic (exact) mass is 306 g/mol. The van der Waals surface area contributed by atoms with E-state index in [9.17, 15) is 9.59 Å². The normalized spacial score (nSPS) is 12.3. The van der Waals surface area contributed by atoms with Crippen molar-refractivity contribution in [3.8, 4) is 0 Å². The fourth-order valence-corrected chi connectivity index (χ4v) is 2.90. The number of carbonyl (C=O) groups is 1. The average molecular weight is 306 g/mol. The van der Waals surface area contributed by atoms with Gasteiger partial charge in [-0.2, -0.15) is 0 Å². The Morgan fingerprint density at radius 2 is 1.91 bits per heavy atom. The van der Waals surface area contributed by atoms with Crippen molar-refractivity contribution in [2.45, 2.75) is 26.2 Å². The summed E-state index contributed by atoms with van der Waals surface area (Å²) >= 11 is 0. The Morgan fingerprint density at radius 3 is 2.70 bits per heavy atom. The predicted octanol–water partition coefficient (Wildman–Crippen LogP) is 3.61. The molecular weight excluding hydrogens is 288 g/mol. The molecule has 4 heteroatoms. The lowest BCUT2D eigenvalue weighted by Gasteiger charge is -2.14. The van der Waals surface area contributed by atoms with Gasteiger partial charge >= 0.3 is 0 Å². The molecular formula is C19H18N2O2. The van der Waals surface area contributed by atoms with Gasteiger partial charge in [-0.3, -0.25) is 9.59 Å². The lowest BCUT2D eigenvalue weighted by Crippen LogP contribution is -2.15. The Bertz CT molecular complexity index is 923. The van der Waals surface area contributed by atoms with E-state index in [4.69, 9.17) is 0 Å². The molecule has 2 aromatic carbocycles. The Morgan fingerprint density at radius 1 is 1.17 bits per heavy atom. The molecule has 116 valence electrons. The molecule has 4 nitrogen and oxygen atoms in total. The number of H-pyrrole nitrogens is 1. The molecule has 0 aliphatic rings. The molecule has 0 unspecified atom stereocenters. The second-order valence-corrected chi connectivity index (χ2v) is 5.81. The number of aromatic nitrogens is 2. The van der Waals surface area contributed by atoms with Gasteiger partial charge in [-0.1, -0.05) is 49.4 Å². The van der Waals surface area contributed by atoms with Crippen molar-refractivity contribution >= 4 is 16.6 Å². The molecule has 0 aliphatic carbocycles. The van der Waals surface area contributed by atoms with Gasteiger partial charge < -0.3 is 4.98 Å². The largest absolute Gasteiger partial charge is 0.311 e. The molecule has 0 amide bonds. The fraction of sp³-hybridized carbons (Fsp3) is 0.211. The van der Waals surface area contributed by atoms with E-state index in [0.717, 1.165) is 16.3 Å². The molecule has 0 spiro atoms. The minimum absolute atomic E-state index is 0.0509. The van der Waals surface area contributed by atoms with Crippen LogP contribution in [0.4, 0.5) is 0 Å². The first-order valence-corrected chi connectivity index (χ1v) is 7.63. The number of ketones is 1. The summed E-state index contributed by atoms with van der Waals surface area (Å²) in [7, 11) is 0. The van der Waals surface area contributed by atoms with Crippen molar-refractivity contribution in [3.63, 3.8) is 0 Å². The molecule has 1 aromatic heterocycles. The summed E-state index contributed by atoms with van der Waals surface area (Å²) in [6, 6.07) is 15.5. The van der Waals surface area contributed by atoms with Gasteiger partial charge in [-0.25, -0.2) is 4.98 Å². The third kappa shape index (κ3) is 3.21. The zero-order valence-corrected chi connectivity index (χ0v) is 13.2. The maximum absolute atomic E-state index is 12.5. The number of hydrogen-bond acceptors (Lipinski definition) is 3. The van der Waals surface area contributed by atoms with Crippen LogP contribution in [0.3, 0.4) is 0 Å². The van der Waals surface area contributed by atoms with Crippen LogP contribution in [0, 0.1) is 6.92 Å². The molecule has 0 saturated heterocycles. The van der Waals surface area contributed by atoms with Crippen LogP contribution >= 0.6 is 0 Å².